The molecule has 1 atom stereocenters. The Labute approximate surface area is 93.7 Å². The molecule has 0 aromatic rings. The van der Waals surface area contributed by atoms with Crippen LogP contribution in [-0.2, 0) is 10.0 Å². The maximum atomic E-state index is 11.5. The van der Waals surface area contributed by atoms with Crippen molar-refractivity contribution < 1.29 is 8.42 Å². The molecule has 0 aliphatic carbocycles. The van der Waals surface area contributed by atoms with Crippen LogP contribution in [0.25, 0.3) is 0 Å². The molecule has 0 aromatic heterocycles. The minimum absolute atomic E-state index is 0.0373. The van der Waals surface area contributed by atoms with Gasteiger partial charge in [-0.2, -0.15) is 0 Å². The summed E-state index contributed by atoms with van der Waals surface area (Å²) in [6.45, 7) is 8.40. The van der Waals surface area contributed by atoms with Crippen molar-refractivity contribution in [3.05, 3.63) is 0 Å². The Kier molecular flexibility index (Phi) is 5.77. The minimum Gasteiger partial charge on any atom is -0.328 e. The second-order valence-corrected chi connectivity index (χ2v) is 7.22. The summed E-state index contributed by atoms with van der Waals surface area (Å²) in [5.41, 5.74) is 5.58. The van der Waals surface area contributed by atoms with E-state index < -0.39 is 10.0 Å². The molecule has 0 bridgehead atoms. The van der Waals surface area contributed by atoms with Crippen LogP contribution < -0.4 is 10.5 Å². The monoisotopic (exact) mass is 236 g/mol. The summed E-state index contributed by atoms with van der Waals surface area (Å²) in [6.07, 6.45) is 1.34. The van der Waals surface area contributed by atoms with Crippen LogP contribution in [0.4, 0.5) is 0 Å². The molecule has 0 saturated carbocycles. The first-order chi connectivity index (χ1) is 6.62. The van der Waals surface area contributed by atoms with Crippen LogP contribution in [0.2, 0.25) is 0 Å². The predicted octanol–water partition coefficient (Wildman–Crippen LogP) is 1.08. The Balaban J connectivity index is 3.89. The summed E-state index contributed by atoms with van der Waals surface area (Å²) in [4.78, 5) is 0. The van der Waals surface area contributed by atoms with Gasteiger partial charge in [-0.05, 0) is 25.2 Å². The van der Waals surface area contributed by atoms with E-state index in [2.05, 4.69) is 4.72 Å². The molecule has 0 fully saturated rings. The lowest BCUT2D eigenvalue weighted by molar-refractivity contribution is 0.396. The molecular weight excluding hydrogens is 212 g/mol. The smallest absolute Gasteiger partial charge is 0.211 e. The zero-order chi connectivity index (χ0) is 12.1. The van der Waals surface area contributed by atoms with E-state index >= 15 is 0 Å². The summed E-state index contributed by atoms with van der Waals surface area (Å²) in [7, 11) is -3.12. The van der Waals surface area contributed by atoms with Crippen LogP contribution in [-0.4, -0.2) is 26.8 Å². The van der Waals surface area contributed by atoms with Crippen molar-refractivity contribution in [3.8, 4) is 0 Å². The van der Waals surface area contributed by atoms with Gasteiger partial charge in [0.2, 0.25) is 10.0 Å². The third-order valence-electron chi connectivity index (χ3n) is 2.04. The van der Waals surface area contributed by atoms with Gasteiger partial charge in [0.25, 0.3) is 0 Å². The summed E-state index contributed by atoms with van der Waals surface area (Å²) in [5, 5.41) is 0. The van der Waals surface area contributed by atoms with E-state index in [0.717, 1.165) is 0 Å². The van der Waals surface area contributed by atoms with Crippen LogP contribution in [0.5, 0.6) is 0 Å². The fourth-order valence-corrected chi connectivity index (χ4v) is 2.41. The highest BCUT2D eigenvalue weighted by molar-refractivity contribution is 7.89. The fourth-order valence-electron chi connectivity index (χ4n) is 0.955. The van der Waals surface area contributed by atoms with Gasteiger partial charge in [-0.1, -0.05) is 20.8 Å². The lowest BCUT2D eigenvalue weighted by Gasteiger charge is -2.18. The van der Waals surface area contributed by atoms with Crippen molar-refractivity contribution in [2.24, 2.45) is 11.1 Å². The topological polar surface area (TPSA) is 72.2 Å². The van der Waals surface area contributed by atoms with Crippen molar-refractivity contribution in [1.82, 2.24) is 4.72 Å². The number of sulfonamides is 1. The SMILES string of the molecule is CC(N)CCNS(=O)(=O)CCC(C)(C)C. The normalized spacial score (nSPS) is 15.3. The average molecular weight is 236 g/mol. The first kappa shape index (κ1) is 14.9. The van der Waals surface area contributed by atoms with Crippen molar-refractivity contribution in [1.29, 1.82) is 0 Å². The molecule has 92 valence electrons. The first-order valence-electron chi connectivity index (χ1n) is 5.35. The van der Waals surface area contributed by atoms with E-state index in [1.54, 1.807) is 0 Å². The molecule has 4 nitrogen and oxygen atoms in total. The summed E-state index contributed by atoms with van der Waals surface area (Å²) in [6, 6.07) is 0.0373. The van der Waals surface area contributed by atoms with Gasteiger partial charge >= 0.3 is 0 Å². The van der Waals surface area contributed by atoms with Crippen molar-refractivity contribution >= 4 is 10.0 Å². The van der Waals surface area contributed by atoms with Gasteiger partial charge in [-0.15, -0.1) is 0 Å². The molecular formula is C10H24N2O2S. The molecule has 0 heterocycles. The van der Waals surface area contributed by atoms with Gasteiger partial charge in [0.15, 0.2) is 0 Å². The van der Waals surface area contributed by atoms with Crippen molar-refractivity contribution in [2.75, 3.05) is 12.3 Å². The zero-order valence-corrected chi connectivity index (χ0v) is 11.0. The van der Waals surface area contributed by atoms with Crippen LogP contribution in [0, 0.1) is 5.41 Å². The third-order valence-corrected chi connectivity index (χ3v) is 3.43. The van der Waals surface area contributed by atoms with Crippen LogP contribution >= 0.6 is 0 Å². The Hall–Kier alpha value is -0.130. The molecule has 15 heavy (non-hydrogen) atoms. The first-order valence-corrected chi connectivity index (χ1v) is 7.00. The molecule has 0 saturated heterocycles. The molecule has 0 aliphatic rings. The number of nitrogens with two attached hydrogens (primary N) is 1. The zero-order valence-electron chi connectivity index (χ0n) is 10.2. The molecule has 1 unspecified atom stereocenters. The second kappa shape index (κ2) is 5.82. The van der Waals surface area contributed by atoms with Gasteiger partial charge in [0.05, 0.1) is 5.75 Å². The van der Waals surface area contributed by atoms with Crippen LogP contribution in [0.1, 0.15) is 40.5 Å². The highest BCUT2D eigenvalue weighted by Crippen LogP contribution is 2.18. The molecule has 0 radical (unpaired) electrons. The highest BCUT2D eigenvalue weighted by atomic mass is 32.2. The minimum atomic E-state index is -3.12. The van der Waals surface area contributed by atoms with E-state index in [1.165, 1.54) is 0 Å². The van der Waals surface area contributed by atoms with E-state index in [1.807, 2.05) is 27.7 Å². The number of hydrogen-bond donors (Lipinski definition) is 2. The summed E-state index contributed by atoms with van der Waals surface area (Å²) < 4.78 is 25.6. The summed E-state index contributed by atoms with van der Waals surface area (Å²) in [5.74, 6) is 0.190. The number of nitrogens with one attached hydrogen (secondary N) is 1. The lowest BCUT2D eigenvalue weighted by Crippen LogP contribution is -2.31. The maximum Gasteiger partial charge on any atom is 0.211 e. The van der Waals surface area contributed by atoms with Crippen molar-refractivity contribution in [2.45, 2.75) is 46.6 Å². The van der Waals surface area contributed by atoms with E-state index in [0.29, 0.717) is 19.4 Å². The average Bonchev–Trinajstić information content (AvgIpc) is 1.99. The Bertz CT molecular complexity index is 266. The van der Waals surface area contributed by atoms with Gasteiger partial charge in [0, 0.05) is 12.6 Å². The number of rotatable bonds is 6. The van der Waals surface area contributed by atoms with Crippen LogP contribution in [0.15, 0.2) is 0 Å². The Morgan fingerprint density at radius 3 is 2.27 bits per heavy atom. The van der Waals surface area contributed by atoms with Crippen LogP contribution in [0.3, 0.4) is 0 Å². The molecule has 0 spiro atoms. The fraction of sp³-hybridized carbons (Fsp3) is 1.00. The van der Waals surface area contributed by atoms with E-state index in [9.17, 15) is 8.42 Å². The molecule has 0 amide bonds. The maximum absolute atomic E-state index is 11.5. The van der Waals surface area contributed by atoms with Gasteiger partial charge in [-0.3, -0.25) is 0 Å². The predicted molar refractivity (Wildman–Crippen MR) is 64.1 cm³/mol. The quantitative estimate of drug-likeness (QED) is 0.725. The molecule has 0 rings (SSSR count). The largest absolute Gasteiger partial charge is 0.328 e. The lowest BCUT2D eigenvalue weighted by atomic mass is 9.94. The number of hydrogen-bond acceptors (Lipinski definition) is 3. The van der Waals surface area contributed by atoms with Crippen molar-refractivity contribution in [3.63, 3.8) is 0 Å². The summed E-state index contributed by atoms with van der Waals surface area (Å²) >= 11 is 0. The standard InChI is InChI=1S/C10H24N2O2S/c1-9(11)5-7-12-15(13,14)8-6-10(2,3)4/h9,12H,5-8,11H2,1-4H3. The second-order valence-electron chi connectivity index (χ2n) is 5.29. The molecule has 0 aromatic carbocycles. The third kappa shape index (κ3) is 10.2. The Morgan fingerprint density at radius 2 is 1.87 bits per heavy atom. The highest BCUT2D eigenvalue weighted by Gasteiger charge is 2.16. The van der Waals surface area contributed by atoms with E-state index in [-0.39, 0.29) is 17.2 Å². The van der Waals surface area contributed by atoms with Gasteiger partial charge in [0.1, 0.15) is 0 Å². The van der Waals surface area contributed by atoms with Gasteiger partial charge in [-0.25, -0.2) is 13.1 Å². The Morgan fingerprint density at radius 1 is 1.33 bits per heavy atom. The molecule has 5 heteroatoms. The molecule has 0 aliphatic heterocycles. The van der Waals surface area contributed by atoms with Gasteiger partial charge < -0.3 is 5.73 Å². The molecule has 3 N–H and O–H groups in total. The van der Waals surface area contributed by atoms with E-state index in [4.69, 9.17) is 5.73 Å².